The number of benzene rings is 2. The molecule has 0 bridgehead atoms. The van der Waals surface area contributed by atoms with E-state index in [4.69, 9.17) is 4.74 Å². The van der Waals surface area contributed by atoms with E-state index < -0.39 is 17.8 Å². The fraction of sp³-hybridized carbons (Fsp3) is 0.435. The second-order valence-corrected chi connectivity index (χ2v) is 7.48. The molecule has 0 aromatic heterocycles. The molecule has 1 heterocycles. The van der Waals surface area contributed by atoms with Gasteiger partial charge in [-0.25, -0.2) is 8.78 Å². The number of hydrogen-bond acceptors (Lipinski definition) is 4. The van der Waals surface area contributed by atoms with Crippen LogP contribution in [-0.4, -0.2) is 56.0 Å². The van der Waals surface area contributed by atoms with Crippen molar-refractivity contribution in [1.82, 2.24) is 9.80 Å². The molecule has 1 unspecified atom stereocenters. The number of nitrogens with zero attached hydrogens (tertiary/aromatic N) is 3. The van der Waals surface area contributed by atoms with Gasteiger partial charge in [-0.2, -0.15) is 0 Å². The van der Waals surface area contributed by atoms with Gasteiger partial charge in [-0.3, -0.25) is 9.69 Å². The maximum Gasteiger partial charge on any atom is 0.238 e. The van der Waals surface area contributed by atoms with Crippen molar-refractivity contribution in [2.75, 3.05) is 45.2 Å². The van der Waals surface area contributed by atoms with Crippen LogP contribution in [0.25, 0.3) is 0 Å². The largest absolute Gasteiger partial charge is 0.497 e. The van der Waals surface area contributed by atoms with Crippen LogP contribution >= 0.6 is 0 Å². The third-order valence-corrected chi connectivity index (χ3v) is 5.64. The van der Waals surface area contributed by atoms with E-state index in [9.17, 15) is 13.6 Å². The number of carbonyl (C=O) groups excluding carboxylic acids is 1. The molecule has 0 N–H and O–H groups in total. The molecule has 0 spiro atoms. The van der Waals surface area contributed by atoms with Crippen molar-refractivity contribution in [3.8, 4) is 5.75 Å². The Hall–Kier alpha value is -2.67. The van der Waals surface area contributed by atoms with Gasteiger partial charge >= 0.3 is 0 Å². The van der Waals surface area contributed by atoms with Crippen LogP contribution in [0.1, 0.15) is 31.1 Å². The average Bonchev–Trinajstić information content (AvgIpc) is 3.02. The van der Waals surface area contributed by atoms with E-state index in [0.717, 1.165) is 11.3 Å². The van der Waals surface area contributed by atoms with Gasteiger partial charge in [0.05, 0.1) is 13.7 Å². The molecule has 0 radical (unpaired) electrons. The average molecular weight is 418 g/mol. The Morgan fingerprint density at radius 2 is 1.70 bits per heavy atom. The number of hydrogen-bond donors (Lipinski definition) is 0. The first kappa shape index (κ1) is 22.0. The fourth-order valence-corrected chi connectivity index (χ4v) is 4.06. The third kappa shape index (κ3) is 4.41. The SMILES string of the molecule is CCN(CC)c1c(F)cc(C2N(C)CC(=O)N2CCc2ccc(OC)cc2)cc1F. The number of anilines is 1. The maximum atomic E-state index is 14.8. The van der Waals surface area contributed by atoms with Crippen LogP contribution in [0.2, 0.25) is 0 Å². The summed E-state index contributed by atoms with van der Waals surface area (Å²) in [5, 5.41) is 0. The molecular weight excluding hydrogens is 388 g/mol. The van der Waals surface area contributed by atoms with Gasteiger partial charge in [0, 0.05) is 19.6 Å². The number of likely N-dealkylation sites (N-methyl/N-ethyl adjacent to an activating group) is 1. The van der Waals surface area contributed by atoms with Crippen molar-refractivity contribution in [3.63, 3.8) is 0 Å². The van der Waals surface area contributed by atoms with Crippen molar-refractivity contribution in [3.05, 3.63) is 59.2 Å². The lowest BCUT2D eigenvalue weighted by Crippen LogP contribution is -2.33. The highest BCUT2D eigenvalue weighted by Gasteiger charge is 2.37. The van der Waals surface area contributed by atoms with Gasteiger partial charge in [0.15, 0.2) is 0 Å². The Balaban J connectivity index is 1.84. The first-order valence-electron chi connectivity index (χ1n) is 10.3. The molecule has 162 valence electrons. The van der Waals surface area contributed by atoms with Crippen molar-refractivity contribution >= 4 is 11.6 Å². The molecule has 30 heavy (non-hydrogen) atoms. The van der Waals surface area contributed by atoms with Gasteiger partial charge in [0.25, 0.3) is 0 Å². The molecule has 1 fully saturated rings. The fourth-order valence-electron chi connectivity index (χ4n) is 4.06. The molecule has 1 aliphatic rings. The van der Waals surface area contributed by atoms with E-state index in [1.807, 2.05) is 43.0 Å². The van der Waals surface area contributed by atoms with Crippen LogP contribution in [0.15, 0.2) is 36.4 Å². The van der Waals surface area contributed by atoms with Gasteiger partial charge in [0.2, 0.25) is 5.91 Å². The quantitative estimate of drug-likeness (QED) is 0.654. The zero-order valence-electron chi connectivity index (χ0n) is 18.0. The van der Waals surface area contributed by atoms with Gasteiger partial charge in [-0.1, -0.05) is 12.1 Å². The van der Waals surface area contributed by atoms with Crippen LogP contribution in [0.4, 0.5) is 14.5 Å². The smallest absolute Gasteiger partial charge is 0.238 e. The number of methoxy groups -OCH3 is 1. The van der Waals surface area contributed by atoms with Gasteiger partial charge < -0.3 is 14.5 Å². The predicted molar refractivity (Wildman–Crippen MR) is 114 cm³/mol. The van der Waals surface area contributed by atoms with Crippen LogP contribution < -0.4 is 9.64 Å². The van der Waals surface area contributed by atoms with E-state index in [1.165, 1.54) is 12.1 Å². The Morgan fingerprint density at radius 3 is 2.23 bits per heavy atom. The van der Waals surface area contributed by atoms with Crippen molar-refractivity contribution in [2.24, 2.45) is 0 Å². The Labute approximate surface area is 176 Å². The van der Waals surface area contributed by atoms with Crippen molar-refractivity contribution in [1.29, 1.82) is 0 Å². The number of amides is 1. The molecule has 5 nitrogen and oxygen atoms in total. The van der Waals surface area contributed by atoms with Gasteiger partial charge in [0.1, 0.15) is 29.2 Å². The van der Waals surface area contributed by atoms with Crippen LogP contribution in [0, 0.1) is 11.6 Å². The molecule has 2 aromatic carbocycles. The summed E-state index contributed by atoms with van der Waals surface area (Å²) in [6, 6.07) is 10.4. The van der Waals surface area contributed by atoms with Crippen molar-refractivity contribution in [2.45, 2.75) is 26.4 Å². The summed E-state index contributed by atoms with van der Waals surface area (Å²) in [6.45, 7) is 5.43. The normalized spacial score (nSPS) is 16.9. The Morgan fingerprint density at radius 1 is 1.10 bits per heavy atom. The summed E-state index contributed by atoms with van der Waals surface area (Å²) in [4.78, 5) is 17.8. The van der Waals surface area contributed by atoms with Crippen LogP contribution in [0.3, 0.4) is 0 Å². The zero-order chi connectivity index (χ0) is 21.8. The molecular formula is C23H29F2N3O2. The molecule has 0 aliphatic carbocycles. The predicted octanol–water partition coefficient (Wildman–Crippen LogP) is 3.83. The number of carbonyl (C=O) groups is 1. The minimum absolute atomic E-state index is 0.0134. The van der Waals surface area contributed by atoms with E-state index in [-0.39, 0.29) is 18.1 Å². The van der Waals surface area contributed by atoms with E-state index in [2.05, 4.69) is 0 Å². The molecule has 0 saturated carbocycles. The summed E-state index contributed by atoms with van der Waals surface area (Å²) in [5.74, 6) is -0.481. The standard InChI is InChI=1S/C23H29F2N3O2/c1-5-27(6-2)22-19(24)13-17(14-20(22)25)23-26(3)15-21(29)28(23)12-11-16-7-9-18(30-4)10-8-16/h7-10,13-14,23H,5-6,11-12,15H2,1-4H3. The summed E-state index contributed by atoms with van der Waals surface area (Å²) in [6.07, 6.45) is 0.147. The molecule has 1 atom stereocenters. The lowest BCUT2D eigenvalue weighted by atomic mass is 10.1. The monoisotopic (exact) mass is 417 g/mol. The number of halogens is 2. The molecule has 1 amide bonds. The lowest BCUT2D eigenvalue weighted by Gasteiger charge is -2.30. The minimum Gasteiger partial charge on any atom is -0.497 e. The second-order valence-electron chi connectivity index (χ2n) is 7.48. The molecule has 3 rings (SSSR count). The van der Waals surface area contributed by atoms with E-state index in [0.29, 0.717) is 31.6 Å². The van der Waals surface area contributed by atoms with Gasteiger partial charge in [-0.05, 0) is 62.7 Å². The molecule has 2 aromatic rings. The van der Waals surface area contributed by atoms with E-state index in [1.54, 1.807) is 24.0 Å². The lowest BCUT2D eigenvalue weighted by molar-refractivity contribution is -0.128. The number of rotatable bonds is 8. The summed E-state index contributed by atoms with van der Waals surface area (Å²) >= 11 is 0. The van der Waals surface area contributed by atoms with Crippen LogP contribution in [0.5, 0.6) is 5.75 Å². The third-order valence-electron chi connectivity index (χ3n) is 5.64. The molecule has 1 saturated heterocycles. The summed E-state index contributed by atoms with van der Waals surface area (Å²) in [7, 11) is 3.41. The second kappa shape index (κ2) is 9.43. The highest BCUT2D eigenvalue weighted by molar-refractivity contribution is 5.81. The first-order chi connectivity index (χ1) is 14.4. The molecule has 1 aliphatic heterocycles. The number of ether oxygens (including phenoxy) is 1. The molecule has 7 heteroatoms. The van der Waals surface area contributed by atoms with Gasteiger partial charge in [-0.15, -0.1) is 0 Å². The first-order valence-corrected chi connectivity index (χ1v) is 10.3. The Kier molecular flexibility index (Phi) is 6.92. The zero-order valence-corrected chi connectivity index (χ0v) is 18.0. The summed E-state index contributed by atoms with van der Waals surface area (Å²) in [5.41, 5.74) is 1.50. The van der Waals surface area contributed by atoms with E-state index >= 15 is 0 Å². The maximum absolute atomic E-state index is 14.8. The highest BCUT2D eigenvalue weighted by atomic mass is 19.1. The van der Waals surface area contributed by atoms with Crippen molar-refractivity contribution < 1.29 is 18.3 Å². The highest BCUT2D eigenvalue weighted by Crippen LogP contribution is 2.34. The van der Waals surface area contributed by atoms with Crippen LogP contribution in [-0.2, 0) is 11.2 Å². The topological polar surface area (TPSA) is 36.0 Å². The summed E-state index contributed by atoms with van der Waals surface area (Å²) < 4.78 is 34.9. The minimum atomic E-state index is -0.600. The Bertz CT molecular complexity index is 862.